The molecule has 0 radical (unpaired) electrons. The predicted octanol–water partition coefficient (Wildman–Crippen LogP) is 4.74. The first-order valence-electron chi connectivity index (χ1n) is 6.74. The van der Waals surface area contributed by atoms with Crippen molar-refractivity contribution in [3.8, 4) is 0 Å². The fourth-order valence-corrected chi connectivity index (χ4v) is 2.98. The van der Waals surface area contributed by atoms with Gasteiger partial charge in [-0.3, -0.25) is 0 Å². The third-order valence-electron chi connectivity index (χ3n) is 3.42. The molecule has 0 aliphatic rings. The number of nitrogens with zero attached hydrogens (tertiary/aromatic N) is 1. The van der Waals surface area contributed by atoms with Gasteiger partial charge >= 0.3 is 0 Å². The average Bonchev–Trinajstić information content (AvgIpc) is 2.38. The van der Waals surface area contributed by atoms with Crippen molar-refractivity contribution in [2.45, 2.75) is 20.4 Å². The number of halogens is 1. The highest BCUT2D eigenvalue weighted by molar-refractivity contribution is 9.10. The van der Waals surface area contributed by atoms with Crippen molar-refractivity contribution >= 4 is 27.3 Å². The lowest BCUT2D eigenvalue weighted by Gasteiger charge is -2.15. The molecule has 0 aliphatic heterocycles. The second-order valence-corrected chi connectivity index (χ2v) is 6.24. The molecule has 0 fully saturated rings. The van der Waals surface area contributed by atoms with Crippen molar-refractivity contribution in [3.05, 3.63) is 57.6 Å². The summed E-state index contributed by atoms with van der Waals surface area (Å²) in [6, 6.07) is 12.9. The Morgan fingerprint density at radius 1 is 1.00 bits per heavy atom. The van der Waals surface area contributed by atoms with Crippen LogP contribution in [0.4, 0.5) is 11.4 Å². The van der Waals surface area contributed by atoms with Crippen molar-refractivity contribution in [2.75, 3.05) is 24.3 Å². The molecule has 0 unspecified atom stereocenters. The molecule has 0 saturated heterocycles. The van der Waals surface area contributed by atoms with Crippen molar-refractivity contribution in [2.24, 2.45) is 0 Å². The number of hydrogen-bond acceptors (Lipinski definition) is 2. The molecule has 0 aromatic heterocycles. The molecule has 2 aromatic carbocycles. The average molecular weight is 333 g/mol. The number of rotatable bonds is 4. The molecule has 2 aromatic rings. The maximum Gasteiger partial charge on any atom is 0.0403 e. The quantitative estimate of drug-likeness (QED) is 0.869. The van der Waals surface area contributed by atoms with Gasteiger partial charge in [0.1, 0.15) is 0 Å². The van der Waals surface area contributed by atoms with Crippen LogP contribution in [0.3, 0.4) is 0 Å². The normalized spacial score (nSPS) is 10.4. The zero-order valence-corrected chi connectivity index (χ0v) is 14.1. The van der Waals surface area contributed by atoms with Gasteiger partial charge in [0.25, 0.3) is 0 Å². The van der Waals surface area contributed by atoms with Crippen LogP contribution in [-0.4, -0.2) is 14.1 Å². The molecule has 0 aliphatic carbocycles. The van der Waals surface area contributed by atoms with E-state index in [-0.39, 0.29) is 0 Å². The molecule has 2 rings (SSSR count). The summed E-state index contributed by atoms with van der Waals surface area (Å²) >= 11 is 3.53. The van der Waals surface area contributed by atoms with Crippen LogP contribution >= 0.6 is 15.9 Å². The second-order valence-electron chi connectivity index (χ2n) is 5.33. The number of anilines is 2. The summed E-state index contributed by atoms with van der Waals surface area (Å²) in [7, 11) is 4.11. The van der Waals surface area contributed by atoms with Gasteiger partial charge in [-0.05, 0) is 54.8 Å². The van der Waals surface area contributed by atoms with E-state index in [4.69, 9.17) is 0 Å². The standard InChI is InChI=1S/C17H21BrN2/c1-12-9-15(18)10-13(2)17(12)19-11-14-5-7-16(8-6-14)20(3)4/h5-10,19H,11H2,1-4H3. The molecule has 1 N–H and O–H groups in total. The molecule has 2 nitrogen and oxygen atoms in total. The Hall–Kier alpha value is -1.48. The maximum atomic E-state index is 3.54. The summed E-state index contributed by atoms with van der Waals surface area (Å²) in [5.41, 5.74) is 6.27. The lowest BCUT2D eigenvalue weighted by atomic mass is 10.1. The zero-order chi connectivity index (χ0) is 14.7. The molecule has 0 heterocycles. The predicted molar refractivity (Wildman–Crippen MR) is 91.7 cm³/mol. The molecule has 0 saturated carbocycles. The minimum absolute atomic E-state index is 0.844. The van der Waals surface area contributed by atoms with Gasteiger partial charge in [-0.1, -0.05) is 28.1 Å². The summed E-state index contributed by atoms with van der Waals surface area (Å²) in [5, 5.41) is 3.54. The van der Waals surface area contributed by atoms with Gasteiger partial charge in [0.2, 0.25) is 0 Å². The van der Waals surface area contributed by atoms with Crippen molar-refractivity contribution in [1.29, 1.82) is 0 Å². The van der Waals surface area contributed by atoms with E-state index in [9.17, 15) is 0 Å². The van der Waals surface area contributed by atoms with Gasteiger partial charge < -0.3 is 10.2 Å². The van der Waals surface area contributed by atoms with Crippen LogP contribution in [0.15, 0.2) is 40.9 Å². The summed E-state index contributed by atoms with van der Waals surface area (Å²) in [6.45, 7) is 5.11. The van der Waals surface area contributed by atoms with Gasteiger partial charge in [0.15, 0.2) is 0 Å². The number of nitrogens with one attached hydrogen (secondary N) is 1. The first-order valence-corrected chi connectivity index (χ1v) is 7.53. The highest BCUT2D eigenvalue weighted by Gasteiger charge is 2.04. The smallest absolute Gasteiger partial charge is 0.0403 e. The summed E-state index contributed by atoms with van der Waals surface area (Å²) in [4.78, 5) is 2.11. The molecular formula is C17H21BrN2. The van der Waals surface area contributed by atoms with Gasteiger partial charge in [0, 0.05) is 36.5 Å². The van der Waals surface area contributed by atoms with E-state index in [2.05, 4.69) is 90.5 Å². The molecule has 0 bridgehead atoms. The first-order chi connectivity index (χ1) is 9.47. The van der Waals surface area contributed by atoms with Crippen LogP contribution in [-0.2, 0) is 6.54 Å². The monoisotopic (exact) mass is 332 g/mol. The van der Waals surface area contributed by atoms with E-state index in [1.165, 1.54) is 28.1 Å². The topological polar surface area (TPSA) is 15.3 Å². The third-order valence-corrected chi connectivity index (χ3v) is 3.88. The Kier molecular flexibility index (Phi) is 4.71. The van der Waals surface area contributed by atoms with Crippen LogP contribution in [0, 0.1) is 13.8 Å². The second kappa shape index (κ2) is 6.31. The summed E-state index contributed by atoms with van der Waals surface area (Å²) < 4.78 is 1.13. The lowest BCUT2D eigenvalue weighted by molar-refractivity contribution is 1.10. The zero-order valence-electron chi connectivity index (χ0n) is 12.5. The van der Waals surface area contributed by atoms with Gasteiger partial charge in [0.05, 0.1) is 0 Å². The molecule has 0 spiro atoms. The minimum Gasteiger partial charge on any atom is -0.381 e. The largest absolute Gasteiger partial charge is 0.381 e. The Bertz CT molecular complexity index is 565. The molecule has 3 heteroatoms. The van der Waals surface area contributed by atoms with E-state index in [1.807, 2.05) is 0 Å². The minimum atomic E-state index is 0.844. The van der Waals surface area contributed by atoms with Gasteiger partial charge in [-0.2, -0.15) is 0 Å². The Labute approximate surface area is 129 Å². The highest BCUT2D eigenvalue weighted by atomic mass is 79.9. The molecule has 0 atom stereocenters. The van der Waals surface area contributed by atoms with Crippen molar-refractivity contribution < 1.29 is 0 Å². The third kappa shape index (κ3) is 3.54. The van der Waals surface area contributed by atoms with Crippen LogP contribution < -0.4 is 10.2 Å². The number of hydrogen-bond donors (Lipinski definition) is 1. The lowest BCUT2D eigenvalue weighted by Crippen LogP contribution is -2.08. The van der Waals surface area contributed by atoms with Gasteiger partial charge in [-0.15, -0.1) is 0 Å². The molecular weight excluding hydrogens is 312 g/mol. The van der Waals surface area contributed by atoms with E-state index in [1.54, 1.807) is 0 Å². The van der Waals surface area contributed by atoms with E-state index in [0.717, 1.165) is 11.0 Å². The maximum absolute atomic E-state index is 3.54. The Balaban J connectivity index is 2.09. The fourth-order valence-electron chi connectivity index (χ4n) is 2.29. The molecule has 0 amide bonds. The van der Waals surface area contributed by atoms with Crippen molar-refractivity contribution in [3.63, 3.8) is 0 Å². The Morgan fingerprint density at radius 3 is 2.05 bits per heavy atom. The van der Waals surface area contributed by atoms with E-state index >= 15 is 0 Å². The van der Waals surface area contributed by atoms with Crippen LogP contribution in [0.5, 0.6) is 0 Å². The van der Waals surface area contributed by atoms with Crippen molar-refractivity contribution in [1.82, 2.24) is 0 Å². The van der Waals surface area contributed by atoms with Crippen LogP contribution in [0.1, 0.15) is 16.7 Å². The number of benzene rings is 2. The SMILES string of the molecule is Cc1cc(Br)cc(C)c1NCc1ccc(N(C)C)cc1. The molecule has 106 valence electrons. The summed E-state index contributed by atoms with van der Waals surface area (Å²) in [5.74, 6) is 0. The summed E-state index contributed by atoms with van der Waals surface area (Å²) in [6.07, 6.45) is 0. The molecule has 20 heavy (non-hydrogen) atoms. The number of aryl methyl sites for hydroxylation is 2. The first kappa shape index (κ1) is 14.9. The van der Waals surface area contributed by atoms with Crippen LogP contribution in [0.2, 0.25) is 0 Å². The highest BCUT2D eigenvalue weighted by Crippen LogP contribution is 2.25. The van der Waals surface area contributed by atoms with Crippen LogP contribution in [0.25, 0.3) is 0 Å². The van der Waals surface area contributed by atoms with Gasteiger partial charge in [-0.25, -0.2) is 0 Å². The Morgan fingerprint density at radius 2 is 1.55 bits per heavy atom. The van der Waals surface area contributed by atoms with E-state index < -0.39 is 0 Å². The fraction of sp³-hybridized carbons (Fsp3) is 0.294. The van der Waals surface area contributed by atoms with E-state index in [0.29, 0.717) is 0 Å².